The van der Waals surface area contributed by atoms with Crippen LogP contribution in [0.2, 0.25) is 0 Å². The Morgan fingerprint density at radius 3 is 2.26 bits per heavy atom. The van der Waals surface area contributed by atoms with Gasteiger partial charge in [0.05, 0.1) is 22.7 Å². The van der Waals surface area contributed by atoms with Crippen molar-refractivity contribution in [2.75, 3.05) is 0 Å². The average molecular weight is 543 g/mol. The highest BCUT2D eigenvalue weighted by Crippen LogP contribution is 2.40. The lowest BCUT2D eigenvalue weighted by Gasteiger charge is -2.11. The molecule has 0 spiro atoms. The summed E-state index contributed by atoms with van der Waals surface area (Å²) >= 11 is 0. The third-order valence-corrected chi connectivity index (χ3v) is 7.87. The highest BCUT2D eigenvalue weighted by Gasteiger charge is 2.37. The molecular formula is C27H25F3N4O3S. The van der Waals surface area contributed by atoms with Crippen LogP contribution >= 0.6 is 0 Å². The predicted octanol–water partition coefficient (Wildman–Crippen LogP) is 4.61. The minimum absolute atomic E-state index is 0.00517. The monoisotopic (exact) mass is 542 g/mol. The quantitative estimate of drug-likeness (QED) is 0.369. The SMILES string of the molecule is CC1CC1Cc1nn(-c2ccccc2C(F)(F)F)c(=O)n1Cc1ccc(-c2ccccc2S(N)(=O)=O)cc1. The zero-order chi connectivity index (χ0) is 27.2. The average Bonchev–Trinajstić information content (AvgIpc) is 3.49. The van der Waals surface area contributed by atoms with Gasteiger partial charge in [0.1, 0.15) is 5.82 Å². The van der Waals surface area contributed by atoms with E-state index in [1.54, 1.807) is 42.5 Å². The van der Waals surface area contributed by atoms with Gasteiger partial charge in [-0.05, 0) is 47.6 Å². The van der Waals surface area contributed by atoms with Gasteiger partial charge in [-0.15, -0.1) is 5.10 Å². The molecule has 11 heteroatoms. The first kappa shape index (κ1) is 25.9. The van der Waals surface area contributed by atoms with Crippen LogP contribution in [0.25, 0.3) is 16.8 Å². The number of hydrogen-bond acceptors (Lipinski definition) is 4. The lowest BCUT2D eigenvalue weighted by molar-refractivity contribution is -0.137. The molecule has 0 aliphatic heterocycles. The summed E-state index contributed by atoms with van der Waals surface area (Å²) in [6.07, 6.45) is -3.19. The molecule has 0 amide bonds. The summed E-state index contributed by atoms with van der Waals surface area (Å²) < 4.78 is 67.3. The Balaban J connectivity index is 1.53. The van der Waals surface area contributed by atoms with Crippen molar-refractivity contribution in [3.8, 4) is 16.8 Å². The standard InChI is InChI=1S/C27H25F3N4O3S/c1-17-14-20(17)15-25-32-34(23-8-4-3-7-22(23)27(28,29)30)26(35)33(25)16-18-10-12-19(13-11-18)21-6-2-5-9-24(21)38(31,36)37/h2-13,17,20H,14-16H2,1H3,(H2,31,36,37). The van der Waals surface area contributed by atoms with Crippen molar-refractivity contribution in [2.24, 2.45) is 17.0 Å². The number of sulfonamides is 1. The number of aromatic nitrogens is 3. The molecule has 1 fully saturated rings. The van der Waals surface area contributed by atoms with E-state index >= 15 is 0 Å². The summed E-state index contributed by atoms with van der Waals surface area (Å²) in [6, 6.07) is 18.2. The number of nitrogens with two attached hydrogens (primary N) is 1. The van der Waals surface area contributed by atoms with Gasteiger partial charge in [0.25, 0.3) is 0 Å². The molecule has 1 aliphatic rings. The fourth-order valence-electron chi connectivity index (χ4n) is 4.65. The van der Waals surface area contributed by atoms with E-state index in [1.807, 2.05) is 0 Å². The number of rotatable bonds is 7. The summed E-state index contributed by atoms with van der Waals surface area (Å²) in [5, 5.41) is 9.71. The summed E-state index contributed by atoms with van der Waals surface area (Å²) in [4.78, 5) is 13.4. The van der Waals surface area contributed by atoms with Gasteiger partial charge >= 0.3 is 11.9 Å². The van der Waals surface area contributed by atoms with E-state index < -0.39 is 27.5 Å². The van der Waals surface area contributed by atoms with Gasteiger partial charge in [0.2, 0.25) is 10.0 Å². The first-order chi connectivity index (χ1) is 17.9. The number of primary sulfonamides is 1. The molecule has 2 atom stereocenters. The van der Waals surface area contributed by atoms with Gasteiger partial charge in [-0.1, -0.05) is 61.5 Å². The number of halogens is 3. The van der Waals surface area contributed by atoms with Crippen LogP contribution < -0.4 is 10.8 Å². The molecule has 2 N–H and O–H groups in total. The predicted molar refractivity (Wildman–Crippen MR) is 136 cm³/mol. The molecule has 1 aliphatic carbocycles. The molecular weight excluding hydrogens is 517 g/mol. The molecule has 1 saturated carbocycles. The van der Waals surface area contributed by atoms with Crippen molar-refractivity contribution in [1.82, 2.24) is 14.3 Å². The second-order valence-electron chi connectivity index (χ2n) is 9.63. The van der Waals surface area contributed by atoms with Gasteiger partial charge in [0, 0.05) is 12.0 Å². The number of alkyl halides is 3. The molecule has 0 bridgehead atoms. The first-order valence-electron chi connectivity index (χ1n) is 12.0. The molecule has 1 aromatic heterocycles. The van der Waals surface area contributed by atoms with Crippen LogP contribution in [0.5, 0.6) is 0 Å². The first-order valence-corrected chi connectivity index (χ1v) is 13.5. The lowest BCUT2D eigenvalue weighted by Crippen LogP contribution is -2.26. The van der Waals surface area contributed by atoms with E-state index in [4.69, 9.17) is 5.14 Å². The number of benzene rings is 3. The highest BCUT2D eigenvalue weighted by atomic mass is 32.2. The fourth-order valence-corrected chi connectivity index (χ4v) is 5.41. The van der Waals surface area contributed by atoms with Gasteiger partial charge in [-0.3, -0.25) is 4.57 Å². The number of hydrogen-bond donors (Lipinski definition) is 1. The molecule has 0 radical (unpaired) electrons. The van der Waals surface area contributed by atoms with E-state index in [2.05, 4.69) is 12.0 Å². The number of nitrogens with zero attached hydrogens (tertiary/aromatic N) is 3. The van der Waals surface area contributed by atoms with Gasteiger partial charge < -0.3 is 0 Å². The van der Waals surface area contributed by atoms with Crippen LogP contribution in [-0.4, -0.2) is 22.8 Å². The van der Waals surface area contributed by atoms with E-state index in [9.17, 15) is 26.4 Å². The van der Waals surface area contributed by atoms with Crippen LogP contribution in [-0.2, 0) is 29.2 Å². The maximum absolute atomic E-state index is 13.7. The molecule has 1 heterocycles. The second-order valence-corrected chi connectivity index (χ2v) is 11.2. The lowest BCUT2D eigenvalue weighted by atomic mass is 10.0. The topological polar surface area (TPSA) is 100.0 Å². The van der Waals surface area contributed by atoms with Crippen LogP contribution in [0.3, 0.4) is 0 Å². The van der Waals surface area contributed by atoms with E-state index in [0.29, 0.717) is 40.8 Å². The zero-order valence-corrected chi connectivity index (χ0v) is 21.2. The van der Waals surface area contributed by atoms with Crippen molar-refractivity contribution < 1.29 is 21.6 Å². The van der Waals surface area contributed by atoms with Crippen molar-refractivity contribution in [2.45, 2.75) is 37.4 Å². The summed E-state index contributed by atoms with van der Waals surface area (Å²) in [5.41, 5.74) is -0.141. The maximum atomic E-state index is 13.7. The van der Waals surface area contributed by atoms with Gasteiger partial charge in [-0.2, -0.15) is 17.9 Å². The minimum Gasteiger partial charge on any atom is -0.274 e. The van der Waals surface area contributed by atoms with Crippen LogP contribution in [0.15, 0.2) is 82.5 Å². The molecule has 5 rings (SSSR count). The highest BCUT2D eigenvalue weighted by molar-refractivity contribution is 7.89. The Hall–Kier alpha value is -3.70. The molecule has 4 aromatic rings. The normalized spacial score (nSPS) is 17.5. The fraction of sp³-hybridized carbons (Fsp3) is 0.259. The number of para-hydroxylation sites is 1. The Morgan fingerprint density at radius 2 is 1.63 bits per heavy atom. The molecule has 7 nitrogen and oxygen atoms in total. The second kappa shape index (κ2) is 9.55. The minimum atomic E-state index is -4.64. The third kappa shape index (κ3) is 5.16. The van der Waals surface area contributed by atoms with Crippen molar-refractivity contribution in [3.05, 3.63) is 100 Å². The maximum Gasteiger partial charge on any atom is 0.418 e. The summed E-state index contributed by atoms with van der Waals surface area (Å²) in [5.74, 6) is 1.20. The summed E-state index contributed by atoms with van der Waals surface area (Å²) in [6.45, 7) is 2.18. The smallest absolute Gasteiger partial charge is 0.274 e. The van der Waals surface area contributed by atoms with Crippen molar-refractivity contribution >= 4 is 10.0 Å². The molecule has 2 unspecified atom stereocenters. The third-order valence-electron chi connectivity index (χ3n) is 6.90. The Kier molecular flexibility index (Phi) is 6.52. The van der Waals surface area contributed by atoms with Gasteiger partial charge in [-0.25, -0.2) is 18.4 Å². The largest absolute Gasteiger partial charge is 0.418 e. The van der Waals surface area contributed by atoms with Crippen LogP contribution in [0.4, 0.5) is 13.2 Å². The van der Waals surface area contributed by atoms with Crippen LogP contribution in [0, 0.1) is 11.8 Å². The Labute approximate surface area is 217 Å². The van der Waals surface area contributed by atoms with E-state index in [-0.39, 0.29) is 17.1 Å². The van der Waals surface area contributed by atoms with Gasteiger partial charge in [0.15, 0.2) is 0 Å². The van der Waals surface area contributed by atoms with Crippen LogP contribution in [0.1, 0.15) is 30.3 Å². The molecule has 0 saturated heterocycles. The molecule has 198 valence electrons. The Bertz CT molecular complexity index is 1660. The van der Waals surface area contributed by atoms with E-state index in [1.165, 1.54) is 28.8 Å². The molecule has 3 aromatic carbocycles. The van der Waals surface area contributed by atoms with E-state index in [0.717, 1.165) is 17.2 Å². The summed E-state index contributed by atoms with van der Waals surface area (Å²) in [7, 11) is -3.94. The van der Waals surface area contributed by atoms with Crippen molar-refractivity contribution in [3.63, 3.8) is 0 Å². The Morgan fingerprint density at radius 1 is 1.00 bits per heavy atom. The molecule has 38 heavy (non-hydrogen) atoms. The van der Waals surface area contributed by atoms with Crippen molar-refractivity contribution in [1.29, 1.82) is 0 Å². The zero-order valence-electron chi connectivity index (χ0n) is 20.4.